The van der Waals surface area contributed by atoms with Crippen LogP contribution in [0.25, 0.3) is 83.9 Å². The van der Waals surface area contributed by atoms with E-state index in [0.717, 1.165) is 24.3 Å². The van der Waals surface area contributed by atoms with Gasteiger partial charge in [0.1, 0.15) is 0 Å². The van der Waals surface area contributed by atoms with Crippen LogP contribution in [-0.2, 0) is 12.4 Å². The fourth-order valence-electron chi connectivity index (χ4n) is 7.51. The molecule has 12 heteroatoms. The van der Waals surface area contributed by atoms with Crippen LogP contribution >= 0.6 is 0 Å². The number of benzene rings is 7. The molecule has 294 valence electrons. The topological polar surface area (TPSA) is 91.2 Å². The number of rotatable bonds is 6. The van der Waals surface area contributed by atoms with Crippen molar-refractivity contribution in [2.24, 2.45) is 0 Å². The van der Waals surface area contributed by atoms with Gasteiger partial charge in [-0.25, -0.2) is 15.0 Å². The van der Waals surface area contributed by atoms with Gasteiger partial charge in [0.05, 0.1) is 51.1 Å². The van der Waals surface area contributed by atoms with Gasteiger partial charge in [0.25, 0.3) is 0 Å². The zero-order chi connectivity index (χ0) is 42.5. The second-order valence-electron chi connectivity index (χ2n) is 14.1. The largest absolute Gasteiger partial charge is 0.416 e. The van der Waals surface area contributed by atoms with Crippen molar-refractivity contribution >= 4 is 21.8 Å². The summed E-state index contributed by atoms with van der Waals surface area (Å²) in [6, 6.07) is 44.9. The van der Waals surface area contributed by atoms with Crippen molar-refractivity contribution in [3.05, 3.63) is 180 Å². The molecule has 0 aliphatic rings. The van der Waals surface area contributed by atoms with E-state index in [0.29, 0.717) is 55.7 Å². The van der Waals surface area contributed by atoms with Crippen molar-refractivity contribution in [3.63, 3.8) is 0 Å². The maximum atomic E-state index is 14.5. The van der Waals surface area contributed by atoms with Crippen molar-refractivity contribution in [2.45, 2.75) is 12.4 Å². The van der Waals surface area contributed by atoms with E-state index < -0.39 is 23.5 Å². The van der Waals surface area contributed by atoms with Gasteiger partial charge in [0.15, 0.2) is 17.5 Å². The highest BCUT2D eigenvalue weighted by atomic mass is 19.4. The lowest BCUT2D eigenvalue weighted by Crippen LogP contribution is -2.07. The zero-order valence-electron chi connectivity index (χ0n) is 31.5. The second kappa shape index (κ2) is 14.9. The fourth-order valence-corrected chi connectivity index (χ4v) is 7.51. The zero-order valence-corrected chi connectivity index (χ0v) is 31.5. The van der Waals surface area contributed by atoms with Gasteiger partial charge in [0.2, 0.25) is 0 Å². The highest BCUT2D eigenvalue weighted by Gasteiger charge is 2.33. The van der Waals surface area contributed by atoms with Gasteiger partial charge in [-0.15, -0.1) is 0 Å². The lowest BCUT2D eigenvalue weighted by atomic mass is 9.91. The van der Waals surface area contributed by atoms with E-state index in [2.05, 4.69) is 12.1 Å². The lowest BCUT2D eigenvalue weighted by molar-refractivity contribution is -0.138. The van der Waals surface area contributed by atoms with Crippen LogP contribution in [0.1, 0.15) is 22.3 Å². The Hall–Kier alpha value is -8.09. The minimum Gasteiger partial charge on any atom is -0.308 e. The number of fused-ring (bicyclic) bond motifs is 3. The predicted molar refractivity (Wildman–Crippen MR) is 221 cm³/mol. The summed E-state index contributed by atoms with van der Waals surface area (Å²) in [4.78, 5) is 14.5. The molecule has 0 radical (unpaired) electrons. The van der Waals surface area contributed by atoms with Gasteiger partial charge >= 0.3 is 12.4 Å². The normalized spacial score (nSPS) is 11.7. The van der Waals surface area contributed by atoms with Crippen molar-refractivity contribution in [2.75, 3.05) is 0 Å². The number of halogens is 6. The Morgan fingerprint density at radius 3 is 1.20 bits per heavy atom. The summed E-state index contributed by atoms with van der Waals surface area (Å²) in [7, 11) is 0. The van der Waals surface area contributed by atoms with Crippen LogP contribution in [0.4, 0.5) is 26.3 Å². The van der Waals surface area contributed by atoms with Crippen molar-refractivity contribution < 1.29 is 26.3 Å². The molecule has 0 saturated heterocycles. The monoisotopic (exact) mass is 812 g/mol. The van der Waals surface area contributed by atoms with Gasteiger partial charge in [-0.05, 0) is 83.9 Å². The third-order valence-corrected chi connectivity index (χ3v) is 10.3. The Labute approximate surface area is 343 Å². The summed E-state index contributed by atoms with van der Waals surface area (Å²) >= 11 is 0. The van der Waals surface area contributed by atoms with E-state index in [9.17, 15) is 36.9 Å². The van der Waals surface area contributed by atoms with Crippen LogP contribution in [0, 0.1) is 22.7 Å². The van der Waals surface area contributed by atoms with E-state index >= 15 is 0 Å². The summed E-state index contributed by atoms with van der Waals surface area (Å²) in [5.74, 6) is 0.692. The molecule has 9 rings (SSSR count). The Morgan fingerprint density at radius 2 is 0.803 bits per heavy atom. The third-order valence-electron chi connectivity index (χ3n) is 10.3. The predicted octanol–water partition coefficient (Wildman–Crippen LogP) is 13.1. The molecule has 6 nitrogen and oxygen atoms in total. The number of aromatic nitrogens is 4. The molecule has 0 N–H and O–H groups in total. The highest BCUT2D eigenvalue weighted by Crippen LogP contribution is 2.46. The maximum Gasteiger partial charge on any atom is 0.416 e. The first-order chi connectivity index (χ1) is 29.4. The number of hydrogen-bond acceptors (Lipinski definition) is 5. The molecule has 0 unspecified atom stereocenters. The molecule has 9 aromatic rings. The third kappa shape index (κ3) is 7.21. The minimum absolute atomic E-state index is 0.0952. The fraction of sp³-hybridized carbons (Fsp3) is 0.0408. The molecule has 2 aromatic heterocycles. The van der Waals surface area contributed by atoms with Gasteiger partial charge in [-0.3, -0.25) is 0 Å². The van der Waals surface area contributed by atoms with Crippen LogP contribution in [0.2, 0.25) is 0 Å². The second-order valence-corrected chi connectivity index (χ2v) is 14.1. The molecular formula is C49H26F6N6. The molecule has 0 spiro atoms. The van der Waals surface area contributed by atoms with Crippen molar-refractivity contribution in [1.82, 2.24) is 19.5 Å². The van der Waals surface area contributed by atoms with Crippen molar-refractivity contribution in [3.8, 4) is 74.2 Å². The molecule has 0 fully saturated rings. The summed E-state index contributed by atoms with van der Waals surface area (Å²) in [5.41, 5.74) is 2.08. The molecule has 0 aliphatic heterocycles. The van der Waals surface area contributed by atoms with Gasteiger partial charge in [0, 0.05) is 38.6 Å². The number of hydrogen-bond donors (Lipinski definition) is 0. The summed E-state index contributed by atoms with van der Waals surface area (Å²) < 4.78 is 88.6. The highest BCUT2D eigenvalue weighted by molar-refractivity contribution is 6.11. The molecule has 0 atom stereocenters. The van der Waals surface area contributed by atoms with Gasteiger partial charge < -0.3 is 4.57 Å². The molecule has 0 aliphatic carbocycles. The van der Waals surface area contributed by atoms with Crippen molar-refractivity contribution in [1.29, 1.82) is 10.5 Å². The summed E-state index contributed by atoms with van der Waals surface area (Å²) in [6.07, 6.45) is -9.48. The van der Waals surface area contributed by atoms with Gasteiger partial charge in [-0.1, -0.05) is 84.9 Å². The average Bonchev–Trinajstić information content (AvgIpc) is 3.60. The van der Waals surface area contributed by atoms with E-state index in [4.69, 9.17) is 15.0 Å². The Balaban J connectivity index is 1.46. The SMILES string of the molecule is N#Cc1ccc2c(c1)c1cc(C#N)ccc1n2-c1c(-c2cccc(C(F)(F)F)c2)cc(-c2nc(-c3ccccc3)nc(-c3ccccc3)n2)cc1-c1cccc(C(F)(F)F)c1. The van der Waals surface area contributed by atoms with E-state index in [1.165, 1.54) is 24.3 Å². The molecule has 0 bridgehead atoms. The Morgan fingerprint density at radius 1 is 0.410 bits per heavy atom. The number of nitriles is 2. The van der Waals surface area contributed by atoms with Crippen LogP contribution in [0.15, 0.2) is 158 Å². The van der Waals surface area contributed by atoms with E-state index in [1.807, 2.05) is 60.7 Å². The summed E-state index contributed by atoms with van der Waals surface area (Å²) in [5, 5.41) is 20.8. The lowest BCUT2D eigenvalue weighted by Gasteiger charge is -2.22. The standard InChI is InChI=1S/C49H26F6N6/c50-48(51,52)36-15-7-13-33(23-36)38-25-35(47-59-45(31-9-3-1-4-10-31)58-46(60-47)32-11-5-2-6-12-32)26-39(34-14-8-16-37(24-34)49(53,54)55)44(38)61-42-19-17-29(27-56)21-40(42)41-22-30(28-57)18-20-43(41)61/h1-26H. The molecule has 2 heterocycles. The van der Waals surface area contributed by atoms with Crippen LogP contribution < -0.4 is 0 Å². The quantitative estimate of drug-likeness (QED) is 0.156. The first kappa shape index (κ1) is 38.4. The molecular weight excluding hydrogens is 787 g/mol. The number of nitrogens with zero attached hydrogens (tertiary/aromatic N) is 6. The average molecular weight is 813 g/mol. The smallest absolute Gasteiger partial charge is 0.308 e. The van der Waals surface area contributed by atoms with E-state index in [1.54, 1.807) is 53.1 Å². The number of alkyl halides is 6. The van der Waals surface area contributed by atoms with Crippen LogP contribution in [0.5, 0.6) is 0 Å². The molecule has 7 aromatic carbocycles. The Bertz CT molecular complexity index is 3040. The Kier molecular flexibility index (Phi) is 9.41. The molecule has 61 heavy (non-hydrogen) atoms. The van der Waals surface area contributed by atoms with Crippen LogP contribution in [-0.4, -0.2) is 19.5 Å². The van der Waals surface area contributed by atoms with Crippen LogP contribution in [0.3, 0.4) is 0 Å². The summed E-state index contributed by atoms with van der Waals surface area (Å²) in [6.45, 7) is 0. The minimum atomic E-state index is -4.74. The van der Waals surface area contributed by atoms with Gasteiger partial charge in [-0.2, -0.15) is 36.9 Å². The first-order valence-electron chi connectivity index (χ1n) is 18.7. The first-order valence-corrected chi connectivity index (χ1v) is 18.7. The molecule has 0 saturated carbocycles. The van der Waals surface area contributed by atoms with E-state index in [-0.39, 0.29) is 39.3 Å². The maximum absolute atomic E-state index is 14.5. The molecule has 0 amide bonds.